The van der Waals surface area contributed by atoms with E-state index in [-0.39, 0.29) is 18.2 Å². The molecular weight excluding hydrogens is 402 g/mol. The Morgan fingerprint density at radius 1 is 0.967 bits per heavy atom. The van der Waals surface area contributed by atoms with Crippen molar-refractivity contribution in [3.8, 4) is 11.5 Å². The number of anilines is 2. The third-order valence-electron chi connectivity index (χ3n) is 4.52. The lowest BCUT2D eigenvalue weighted by atomic mass is 10.1. The second-order valence-electron chi connectivity index (χ2n) is 6.72. The van der Waals surface area contributed by atoms with Gasteiger partial charge in [0.25, 0.3) is 5.91 Å². The molecule has 0 saturated heterocycles. The Balaban J connectivity index is 1.62. The number of nitrogens with one attached hydrogen (secondary N) is 2. The van der Waals surface area contributed by atoms with Crippen LogP contribution in [0.2, 0.25) is 0 Å². The highest BCUT2D eigenvalue weighted by atomic mass is 32.1. The number of benzene rings is 2. The Labute approximate surface area is 179 Å². The number of nitrogens with zero attached hydrogens (tertiary/aromatic N) is 1. The fourth-order valence-corrected chi connectivity index (χ4v) is 3.45. The number of ether oxygens (including phenoxy) is 2. The number of rotatable bonds is 7. The Bertz CT molecular complexity index is 1060. The number of carbonyl (C=O) groups excluding carboxylic acids is 2. The van der Waals surface area contributed by atoms with Crippen LogP contribution in [0.4, 0.5) is 10.8 Å². The summed E-state index contributed by atoms with van der Waals surface area (Å²) in [5.41, 5.74) is 4.00. The molecule has 156 valence electrons. The largest absolute Gasteiger partial charge is 0.497 e. The number of thiazole rings is 1. The molecule has 0 unspecified atom stereocenters. The number of hydrogen-bond acceptors (Lipinski definition) is 6. The lowest BCUT2D eigenvalue weighted by Gasteiger charge is -2.08. The molecule has 0 aliphatic rings. The van der Waals surface area contributed by atoms with Gasteiger partial charge in [-0.3, -0.25) is 14.9 Å². The molecule has 2 aromatic carbocycles. The van der Waals surface area contributed by atoms with Gasteiger partial charge in [-0.2, -0.15) is 0 Å². The van der Waals surface area contributed by atoms with Crippen LogP contribution in [-0.4, -0.2) is 31.0 Å². The molecular formula is C22H23N3O4S. The summed E-state index contributed by atoms with van der Waals surface area (Å²) in [5.74, 6) is 0.524. The van der Waals surface area contributed by atoms with Crippen LogP contribution < -0.4 is 20.1 Å². The zero-order chi connectivity index (χ0) is 21.7. The summed E-state index contributed by atoms with van der Waals surface area (Å²) >= 11 is 1.26. The van der Waals surface area contributed by atoms with E-state index in [2.05, 4.69) is 15.6 Å². The van der Waals surface area contributed by atoms with Crippen LogP contribution in [0, 0.1) is 13.8 Å². The molecule has 7 nitrogen and oxygen atoms in total. The maximum atomic E-state index is 12.5. The Hall–Kier alpha value is -3.39. The van der Waals surface area contributed by atoms with Crippen LogP contribution in [0.5, 0.6) is 11.5 Å². The number of methoxy groups -OCH3 is 2. The minimum Gasteiger partial charge on any atom is -0.497 e. The van der Waals surface area contributed by atoms with Crippen molar-refractivity contribution >= 4 is 34.0 Å². The second kappa shape index (κ2) is 9.41. The molecule has 0 fully saturated rings. The van der Waals surface area contributed by atoms with Gasteiger partial charge in [0.2, 0.25) is 5.91 Å². The molecule has 2 amide bonds. The molecule has 0 aliphatic heterocycles. The molecule has 0 spiro atoms. The summed E-state index contributed by atoms with van der Waals surface area (Å²) in [6.45, 7) is 4.02. The predicted octanol–water partition coefficient (Wildman–Crippen LogP) is 4.21. The quantitative estimate of drug-likeness (QED) is 0.592. The van der Waals surface area contributed by atoms with Crippen molar-refractivity contribution in [1.29, 1.82) is 0 Å². The van der Waals surface area contributed by atoms with Crippen LogP contribution in [0.15, 0.2) is 41.8 Å². The van der Waals surface area contributed by atoms with E-state index in [9.17, 15) is 9.59 Å². The highest BCUT2D eigenvalue weighted by molar-refractivity contribution is 7.14. The van der Waals surface area contributed by atoms with Crippen LogP contribution in [0.25, 0.3) is 0 Å². The first-order valence-corrected chi connectivity index (χ1v) is 10.1. The van der Waals surface area contributed by atoms with Crippen molar-refractivity contribution in [3.05, 3.63) is 64.2 Å². The van der Waals surface area contributed by atoms with Gasteiger partial charge in [-0.05, 0) is 49.2 Å². The number of amides is 2. The van der Waals surface area contributed by atoms with E-state index in [1.54, 1.807) is 23.6 Å². The number of aryl methyl sites for hydroxylation is 2. The highest BCUT2D eigenvalue weighted by Crippen LogP contribution is 2.24. The van der Waals surface area contributed by atoms with Crippen molar-refractivity contribution in [3.63, 3.8) is 0 Å². The van der Waals surface area contributed by atoms with E-state index in [1.165, 1.54) is 31.1 Å². The van der Waals surface area contributed by atoms with Gasteiger partial charge >= 0.3 is 0 Å². The molecule has 3 rings (SSSR count). The second-order valence-corrected chi connectivity index (χ2v) is 7.58. The van der Waals surface area contributed by atoms with E-state index >= 15 is 0 Å². The predicted molar refractivity (Wildman–Crippen MR) is 118 cm³/mol. The topological polar surface area (TPSA) is 89.6 Å². The van der Waals surface area contributed by atoms with Gasteiger partial charge in [0.15, 0.2) is 5.13 Å². The third-order valence-corrected chi connectivity index (χ3v) is 5.32. The fourth-order valence-electron chi connectivity index (χ4n) is 2.74. The lowest BCUT2D eigenvalue weighted by Crippen LogP contribution is -2.15. The molecule has 0 saturated carbocycles. The molecule has 1 heterocycles. The first kappa shape index (κ1) is 21.3. The number of hydrogen-bond donors (Lipinski definition) is 2. The van der Waals surface area contributed by atoms with Crippen LogP contribution in [0.3, 0.4) is 0 Å². The molecule has 0 aliphatic carbocycles. The first-order valence-electron chi connectivity index (χ1n) is 9.24. The van der Waals surface area contributed by atoms with E-state index in [1.807, 2.05) is 32.0 Å². The van der Waals surface area contributed by atoms with Gasteiger partial charge in [-0.25, -0.2) is 4.98 Å². The molecule has 1 aromatic heterocycles. The van der Waals surface area contributed by atoms with Crippen molar-refractivity contribution in [1.82, 2.24) is 4.98 Å². The Kier molecular flexibility index (Phi) is 6.68. The van der Waals surface area contributed by atoms with Gasteiger partial charge in [-0.15, -0.1) is 11.3 Å². The molecule has 0 atom stereocenters. The zero-order valence-corrected chi connectivity index (χ0v) is 18.1. The lowest BCUT2D eigenvalue weighted by molar-refractivity contribution is -0.115. The summed E-state index contributed by atoms with van der Waals surface area (Å²) < 4.78 is 10.4. The highest BCUT2D eigenvalue weighted by Gasteiger charge is 2.14. The standard InChI is InChI=1S/C22H23N3O4S/c1-13-5-6-16(7-14(13)2)23-20(26)10-17-12-30-22(24-17)25-21(27)15-8-18(28-3)11-19(9-15)29-4/h5-9,11-12H,10H2,1-4H3,(H,23,26)(H,24,25,27). The van der Waals surface area contributed by atoms with Crippen molar-refractivity contribution in [2.45, 2.75) is 20.3 Å². The zero-order valence-electron chi connectivity index (χ0n) is 17.2. The minimum absolute atomic E-state index is 0.117. The minimum atomic E-state index is -0.340. The summed E-state index contributed by atoms with van der Waals surface area (Å²) in [7, 11) is 3.04. The summed E-state index contributed by atoms with van der Waals surface area (Å²) in [6, 6.07) is 10.7. The maximum Gasteiger partial charge on any atom is 0.257 e. The van der Waals surface area contributed by atoms with E-state index in [0.717, 1.165) is 11.3 Å². The molecule has 0 radical (unpaired) electrons. The average molecular weight is 426 g/mol. The average Bonchev–Trinajstić information content (AvgIpc) is 3.16. The van der Waals surface area contributed by atoms with Gasteiger partial charge in [0.05, 0.1) is 26.3 Å². The van der Waals surface area contributed by atoms with Crippen LogP contribution >= 0.6 is 11.3 Å². The maximum absolute atomic E-state index is 12.5. The van der Waals surface area contributed by atoms with Crippen molar-refractivity contribution < 1.29 is 19.1 Å². The summed E-state index contributed by atoms with van der Waals surface area (Å²) in [6.07, 6.45) is 0.117. The number of carbonyl (C=O) groups is 2. The molecule has 2 N–H and O–H groups in total. The van der Waals surface area contributed by atoms with Gasteiger partial charge in [0.1, 0.15) is 11.5 Å². The van der Waals surface area contributed by atoms with Gasteiger partial charge in [-0.1, -0.05) is 6.07 Å². The Morgan fingerprint density at radius 3 is 2.30 bits per heavy atom. The normalized spacial score (nSPS) is 10.4. The fraction of sp³-hybridized carbons (Fsp3) is 0.227. The van der Waals surface area contributed by atoms with Crippen molar-refractivity contribution in [2.75, 3.05) is 24.9 Å². The van der Waals surface area contributed by atoms with Gasteiger partial charge < -0.3 is 14.8 Å². The summed E-state index contributed by atoms with van der Waals surface area (Å²) in [4.78, 5) is 29.2. The molecule has 3 aromatic rings. The monoisotopic (exact) mass is 425 g/mol. The van der Waals surface area contributed by atoms with E-state index in [0.29, 0.717) is 27.9 Å². The summed E-state index contributed by atoms with van der Waals surface area (Å²) in [5, 5.41) is 7.78. The smallest absolute Gasteiger partial charge is 0.257 e. The molecule has 8 heteroatoms. The van der Waals surface area contributed by atoms with E-state index < -0.39 is 0 Å². The van der Waals surface area contributed by atoms with Gasteiger partial charge in [0, 0.05) is 22.7 Å². The SMILES string of the molecule is COc1cc(OC)cc(C(=O)Nc2nc(CC(=O)Nc3ccc(C)c(C)c3)cs2)c1. The van der Waals surface area contributed by atoms with Crippen molar-refractivity contribution in [2.24, 2.45) is 0 Å². The Morgan fingerprint density at radius 2 is 1.67 bits per heavy atom. The third kappa shape index (κ3) is 5.36. The molecule has 0 bridgehead atoms. The van der Waals surface area contributed by atoms with Crippen LogP contribution in [-0.2, 0) is 11.2 Å². The molecule has 30 heavy (non-hydrogen) atoms. The van der Waals surface area contributed by atoms with Crippen LogP contribution in [0.1, 0.15) is 27.2 Å². The first-order chi connectivity index (χ1) is 14.4. The van der Waals surface area contributed by atoms with E-state index in [4.69, 9.17) is 9.47 Å². The number of aromatic nitrogens is 1.